The number of hydrogen-bond donors (Lipinski definition) is 2. The third-order valence-corrected chi connectivity index (χ3v) is 6.95. The predicted octanol–water partition coefficient (Wildman–Crippen LogP) is 5.54. The summed E-state index contributed by atoms with van der Waals surface area (Å²) in [5, 5.41) is 6.03. The van der Waals surface area contributed by atoms with Gasteiger partial charge in [-0.2, -0.15) is 0 Å². The number of amides is 2. The summed E-state index contributed by atoms with van der Waals surface area (Å²) in [5.41, 5.74) is 1.31. The second kappa shape index (κ2) is 11.2. The molecule has 0 bridgehead atoms. The van der Waals surface area contributed by atoms with Crippen LogP contribution in [0.2, 0.25) is 0 Å². The number of benzene rings is 2. The van der Waals surface area contributed by atoms with Crippen molar-refractivity contribution in [2.24, 2.45) is 0 Å². The molecule has 0 aliphatic heterocycles. The van der Waals surface area contributed by atoms with E-state index in [9.17, 15) is 9.59 Å². The van der Waals surface area contributed by atoms with Crippen LogP contribution in [0.25, 0.3) is 0 Å². The van der Waals surface area contributed by atoms with E-state index in [0.29, 0.717) is 11.1 Å². The van der Waals surface area contributed by atoms with Crippen LogP contribution in [0, 0.1) is 0 Å². The Labute approximate surface area is 175 Å². The van der Waals surface area contributed by atoms with E-state index in [1.165, 1.54) is 21.6 Å². The molecule has 6 heteroatoms. The molecule has 0 radical (unpaired) electrons. The van der Waals surface area contributed by atoms with E-state index in [-0.39, 0.29) is 23.9 Å². The molecule has 2 N–H and O–H groups in total. The summed E-state index contributed by atoms with van der Waals surface area (Å²) in [4.78, 5) is 26.9. The lowest BCUT2D eigenvalue weighted by atomic mass is 10.2. The van der Waals surface area contributed by atoms with Crippen LogP contribution >= 0.6 is 21.6 Å². The molecule has 0 fully saturated rings. The molecule has 150 valence electrons. The Hall–Kier alpha value is -1.92. The Morgan fingerprint density at radius 2 is 1.11 bits per heavy atom. The zero-order valence-corrected chi connectivity index (χ0v) is 18.5. The quantitative estimate of drug-likeness (QED) is 0.527. The summed E-state index contributed by atoms with van der Waals surface area (Å²) >= 11 is 0. The largest absolute Gasteiger partial charge is 0.350 e. The SMILES string of the molecule is CCC(C)NC(=O)c1ccccc1SSc1ccccc1C(=O)NC(C)CC. The van der Waals surface area contributed by atoms with E-state index in [0.717, 1.165) is 22.6 Å². The van der Waals surface area contributed by atoms with Crippen molar-refractivity contribution in [2.45, 2.75) is 62.4 Å². The average Bonchev–Trinajstić information content (AvgIpc) is 2.72. The molecule has 4 nitrogen and oxygen atoms in total. The summed E-state index contributed by atoms with van der Waals surface area (Å²) in [6, 6.07) is 15.4. The normalized spacial score (nSPS) is 12.9. The van der Waals surface area contributed by atoms with Crippen LogP contribution in [-0.2, 0) is 0 Å². The highest BCUT2D eigenvalue weighted by atomic mass is 33.1. The molecule has 2 aromatic rings. The summed E-state index contributed by atoms with van der Waals surface area (Å²) in [5.74, 6) is -0.137. The summed E-state index contributed by atoms with van der Waals surface area (Å²) in [7, 11) is 2.99. The van der Waals surface area contributed by atoms with Gasteiger partial charge in [0.25, 0.3) is 11.8 Å². The van der Waals surface area contributed by atoms with Gasteiger partial charge in [0.1, 0.15) is 0 Å². The van der Waals surface area contributed by atoms with E-state index in [1.807, 2.05) is 76.2 Å². The van der Waals surface area contributed by atoms with Crippen molar-refractivity contribution in [1.82, 2.24) is 10.6 Å². The maximum Gasteiger partial charge on any atom is 0.252 e. The standard InChI is InChI=1S/C22H28N2O2S2/c1-5-15(3)23-21(25)17-11-7-9-13-19(17)27-28-20-14-10-8-12-18(20)22(26)24-16(4)6-2/h7-16H,5-6H2,1-4H3,(H,23,25)(H,24,26). The van der Waals surface area contributed by atoms with Crippen molar-refractivity contribution < 1.29 is 9.59 Å². The predicted molar refractivity (Wildman–Crippen MR) is 119 cm³/mol. The fourth-order valence-electron chi connectivity index (χ4n) is 2.35. The van der Waals surface area contributed by atoms with Crippen LogP contribution in [-0.4, -0.2) is 23.9 Å². The van der Waals surface area contributed by atoms with Crippen molar-refractivity contribution in [3.8, 4) is 0 Å². The van der Waals surface area contributed by atoms with Crippen LogP contribution in [0.5, 0.6) is 0 Å². The van der Waals surface area contributed by atoms with Crippen LogP contribution in [0.3, 0.4) is 0 Å². The summed E-state index contributed by atoms with van der Waals surface area (Å²) in [6.45, 7) is 8.08. The van der Waals surface area contributed by atoms with E-state index in [2.05, 4.69) is 10.6 Å². The second-order valence-electron chi connectivity index (χ2n) is 6.72. The van der Waals surface area contributed by atoms with Gasteiger partial charge >= 0.3 is 0 Å². The van der Waals surface area contributed by atoms with Gasteiger partial charge in [-0.3, -0.25) is 9.59 Å². The first-order valence-electron chi connectivity index (χ1n) is 9.60. The third kappa shape index (κ3) is 6.31. The average molecular weight is 417 g/mol. The maximum absolute atomic E-state index is 12.6. The van der Waals surface area contributed by atoms with E-state index >= 15 is 0 Å². The van der Waals surface area contributed by atoms with Crippen LogP contribution in [0.1, 0.15) is 61.3 Å². The minimum Gasteiger partial charge on any atom is -0.350 e. The number of carbonyl (C=O) groups is 2. The first-order valence-corrected chi connectivity index (χ1v) is 11.8. The molecule has 2 rings (SSSR count). The zero-order chi connectivity index (χ0) is 20.5. The highest BCUT2D eigenvalue weighted by Crippen LogP contribution is 2.40. The lowest BCUT2D eigenvalue weighted by molar-refractivity contribution is 0.0927. The van der Waals surface area contributed by atoms with Gasteiger partial charge in [-0.25, -0.2) is 0 Å². The monoisotopic (exact) mass is 416 g/mol. The highest BCUT2D eigenvalue weighted by Gasteiger charge is 2.16. The molecule has 0 aliphatic rings. The highest BCUT2D eigenvalue weighted by molar-refractivity contribution is 8.76. The first-order chi connectivity index (χ1) is 13.5. The summed E-state index contributed by atoms with van der Waals surface area (Å²) in [6.07, 6.45) is 1.77. The van der Waals surface area contributed by atoms with Crippen molar-refractivity contribution in [3.63, 3.8) is 0 Å². The smallest absolute Gasteiger partial charge is 0.252 e. The Bertz CT molecular complexity index is 743. The Kier molecular flexibility index (Phi) is 8.93. The molecular formula is C22H28N2O2S2. The number of carbonyl (C=O) groups excluding carboxylic acids is 2. The molecule has 0 aromatic heterocycles. The molecule has 28 heavy (non-hydrogen) atoms. The van der Waals surface area contributed by atoms with Crippen LogP contribution < -0.4 is 10.6 Å². The third-order valence-electron chi connectivity index (χ3n) is 4.46. The van der Waals surface area contributed by atoms with Gasteiger partial charge in [0.2, 0.25) is 0 Å². The number of nitrogens with one attached hydrogen (secondary N) is 2. The second-order valence-corrected chi connectivity index (χ2v) is 8.94. The molecule has 0 spiro atoms. The topological polar surface area (TPSA) is 58.2 Å². The van der Waals surface area contributed by atoms with Gasteiger partial charge in [-0.05, 0) is 51.0 Å². The van der Waals surface area contributed by atoms with Crippen LogP contribution in [0.15, 0.2) is 58.3 Å². The lowest BCUT2D eigenvalue weighted by Crippen LogP contribution is -2.32. The van der Waals surface area contributed by atoms with Gasteiger partial charge < -0.3 is 10.6 Å². The van der Waals surface area contributed by atoms with Crippen molar-refractivity contribution >= 4 is 33.4 Å². The van der Waals surface area contributed by atoms with Crippen molar-refractivity contribution in [1.29, 1.82) is 0 Å². The van der Waals surface area contributed by atoms with Gasteiger partial charge in [-0.1, -0.05) is 59.7 Å². The fraction of sp³-hybridized carbons (Fsp3) is 0.364. The molecule has 2 aromatic carbocycles. The Balaban J connectivity index is 2.15. The maximum atomic E-state index is 12.6. The van der Waals surface area contributed by atoms with E-state index < -0.39 is 0 Å². The van der Waals surface area contributed by atoms with Gasteiger partial charge in [-0.15, -0.1) is 0 Å². The van der Waals surface area contributed by atoms with Crippen LogP contribution in [0.4, 0.5) is 0 Å². The summed E-state index contributed by atoms with van der Waals surface area (Å²) < 4.78 is 0. The molecule has 0 saturated carbocycles. The number of rotatable bonds is 9. The Morgan fingerprint density at radius 1 is 0.750 bits per heavy atom. The van der Waals surface area contributed by atoms with Crippen molar-refractivity contribution in [3.05, 3.63) is 59.7 Å². The zero-order valence-electron chi connectivity index (χ0n) is 16.8. The minimum absolute atomic E-state index is 0.0687. The van der Waals surface area contributed by atoms with E-state index in [1.54, 1.807) is 0 Å². The Morgan fingerprint density at radius 3 is 1.46 bits per heavy atom. The first kappa shape index (κ1) is 22.4. The number of hydrogen-bond acceptors (Lipinski definition) is 4. The van der Waals surface area contributed by atoms with Gasteiger partial charge in [0.05, 0.1) is 11.1 Å². The van der Waals surface area contributed by atoms with E-state index in [4.69, 9.17) is 0 Å². The fourth-order valence-corrected chi connectivity index (χ4v) is 4.71. The molecule has 2 amide bonds. The molecule has 0 aliphatic carbocycles. The molecule has 0 saturated heterocycles. The molecule has 2 unspecified atom stereocenters. The molecule has 2 atom stereocenters. The lowest BCUT2D eigenvalue weighted by Gasteiger charge is -2.15. The van der Waals surface area contributed by atoms with Crippen molar-refractivity contribution in [2.75, 3.05) is 0 Å². The minimum atomic E-state index is -0.0687. The van der Waals surface area contributed by atoms with Gasteiger partial charge in [0.15, 0.2) is 0 Å². The molecule has 0 heterocycles. The van der Waals surface area contributed by atoms with Gasteiger partial charge in [0, 0.05) is 21.9 Å². The molecular weight excluding hydrogens is 388 g/mol.